The molecule has 1 aromatic rings. The molecule has 3 aliphatic rings. The molecule has 3 heterocycles. The van der Waals surface area contributed by atoms with Crippen LogP contribution in [-0.4, -0.2) is 89.1 Å². The summed E-state index contributed by atoms with van der Waals surface area (Å²) in [7, 11) is -1.57. The van der Waals surface area contributed by atoms with Gasteiger partial charge in [0.15, 0.2) is 16.4 Å². The van der Waals surface area contributed by atoms with Gasteiger partial charge in [-0.05, 0) is 26.2 Å². The van der Waals surface area contributed by atoms with Crippen molar-refractivity contribution in [3.05, 3.63) is 11.8 Å². The fourth-order valence-electron chi connectivity index (χ4n) is 5.03. The number of urea groups is 1. The lowest BCUT2D eigenvalue weighted by molar-refractivity contribution is -0.150. The molecule has 1 atom stereocenters. The Hall–Kier alpha value is -2.96. The van der Waals surface area contributed by atoms with Gasteiger partial charge in [-0.1, -0.05) is 19.3 Å². The summed E-state index contributed by atoms with van der Waals surface area (Å²) in [5.74, 6) is -1.59. The smallest absolute Gasteiger partial charge is 0.327 e. The molecule has 2 saturated heterocycles. The second kappa shape index (κ2) is 9.01. The maximum absolute atomic E-state index is 13.0. The van der Waals surface area contributed by atoms with Gasteiger partial charge >= 0.3 is 12.0 Å². The molecule has 1 N–H and O–H groups in total. The minimum Gasteiger partial charge on any atom is -0.454 e. The third kappa shape index (κ3) is 4.52. The number of hydrogen-bond acceptors (Lipinski definition) is 8. The topological polar surface area (TPSA) is 148 Å². The number of sulfone groups is 1. The SMILES string of the molecule is Cc1cc(NC(=O)COC(=O)CN2C(=O)N(C)C3(CCCCC3)C2=O)n(C2CCS(=O)(=O)C2)n1. The third-order valence-corrected chi connectivity index (χ3v) is 8.57. The predicted molar refractivity (Wildman–Crippen MR) is 120 cm³/mol. The van der Waals surface area contributed by atoms with Crippen molar-refractivity contribution in [3.8, 4) is 0 Å². The van der Waals surface area contributed by atoms with Gasteiger partial charge in [0.25, 0.3) is 11.8 Å². The highest BCUT2D eigenvalue weighted by atomic mass is 32.2. The molecule has 1 saturated carbocycles. The zero-order chi connectivity index (χ0) is 24.7. The van der Waals surface area contributed by atoms with E-state index in [2.05, 4.69) is 10.4 Å². The molecule has 186 valence electrons. The van der Waals surface area contributed by atoms with Gasteiger partial charge in [0, 0.05) is 13.1 Å². The van der Waals surface area contributed by atoms with Gasteiger partial charge in [-0.2, -0.15) is 5.10 Å². The molecule has 0 bridgehead atoms. The number of rotatable bonds is 6. The van der Waals surface area contributed by atoms with Gasteiger partial charge in [-0.3, -0.25) is 19.3 Å². The van der Waals surface area contributed by atoms with Crippen molar-refractivity contribution >= 4 is 39.5 Å². The van der Waals surface area contributed by atoms with Crippen molar-refractivity contribution in [3.63, 3.8) is 0 Å². The fraction of sp³-hybridized carbons (Fsp3) is 0.667. The third-order valence-electron chi connectivity index (χ3n) is 6.81. The number of likely N-dealkylation sites (N-methyl/N-ethyl adjacent to an activating group) is 1. The van der Waals surface area contributed by atoms with Crippen LogP contribution in [0.2, 0.25) is 0 Å². The van der Waals surface area contributed by atoms with Gasteiger partial charge in [-0.15, -0.1) is 0 Å². The second-order valence-electron chi connectivity index (χ2n) is 9.21. The number of nitrogens with zero attached hydrogens (tertiary/aromatic N) is 4. The van der Waals surface area contributed by atoms with Gasteiger partial charge in [0.05, 0.1) is 23.2 Å². The lowest BCUT2D eigenvalue weighted by Gasteiger charge is -2.35. The van der Waals surface area contributed by atoms with Crippen LogP contribution in [0.15, 0.2) is 6.07 Å². The summed E-state index contributed by atoms with van der Waals surface area (Å²) in [4.78, 5) is 52.6. The molecular weight excluding hydrogens is 466 g/mol. The normalized spacial score (nSPS) is 23.5. The Morgan fingerprint density at radius 1 is 1.24 bits per heavy atom. The minimum atomic E-state index is -3.14. The number of hydrogen-bond donors (Lipinski definition) is 1. The Balaban J connectivity index is 1.33. The summed E-state index contributed by atoms with van der Waals surface area (Å²) in [6, 6.07) is 0.679. The maximum Gasteiger partial charge on any atom is 0.327 e. The number of aromatic nitrogens is 2. The van der Waals surface area contributed by atoms with E-state index in [1.807, 2.05) is 0 Å². The van der Waals surface area contributed by atoms with E-state index in [4.69, 9.17) is 4.74 Å². The molecule has 3 fully saturated rings. The zero-order valence-corrected chi connectivity index (χ0v) is 20.1. The van der Waals surface area contributed by atoms with Crippen molar-refractivity contribution in [1.29, 1.82) is 0 Å². The van der Waals surface area contributed by atoms with E-state index < -0.39 is 52.3 Å². The molecular formula is C21H29N5O7S. The number of amides is 4. The van der Waals surface area contributed by atoms with Crippen LogP contribution in [0.1, 0.15) is 50.3 Å². The van der Waals surface area contributed by atoms with Crippen LogP contribution in [-0.2, 0) is 29.0 Å². The summed E-state index contributed by atoms with van der Waals surface area (Å²) in [5.41, 5.74) is -0.292. The number of esters is 1. The summed E-state index contributed by atoms with van der Waals surface area (Å²) >= 11 is 0. The van der Waals surface area contributed by atoms with Crippen LogP contribution < -0.4 is 5.32 Å². The Morgan fingerprint density at radius 3 is 2.59 bits per heavy atom. The standard InChI is InChI=1S/C21H29N5O7S/c1-14-10-16(26(23-14)15-6-9-34(31,32)13-15)22-17(27)12-33-18(28)11-25-19(29)21(24(2)20(25)30)7-4-3-5-8-21/h10,15H,3-9,11-13H2,1-2H3,(H,22,27). The van der Waals surface area contributed by atoms with Gasteiger partial charge in [0.2, 0.25) is 0 Å². The molecule has 34 heavy (non-hydrogen) atoms. The van der Waals surface area contributed by atoms with E-state index in [0.717, 1.165) is 24.2 Å². The quantitative estimate of drug-likeness (QED) is 0.446. The molecule has 4 amide bonds. The number of nitrogens with one attached hydrogen (secondary N) is 1. The fourth-order valence-corrected chi connectivity index (χ4v) is 6.72. The number of imide groups is 1. The van der Waals surface area contributed by atoms with E-state index in [1.54, 1.807) is 20.0 Å². The first-order chi connectivity index (χ1) is 16.0. The van der Waals surface area contributed by atoms with E-state index in [9.17, 15) is 27.6 Å². The monoisotopic (exact) mass is 495 g/mol. The van der Waals surface area contributed by atoms with Crippen LogP contribution in [0.5, 0.6) is 0 Å². The van der Waals surface area contributed by atoms with Crippen LogP contribution in [0, 0.1) is 6.92 Å². The molecule has 1 unspecified atom stereocenters. The number of aryl methyl sites for hydroxylation is 1. The average molecular weight is 496 g/mol. The van der Waals surface area contributed by atoms with E-state index in [1.165, 1.54) is 9.58 Å². The first-order valence-electron chi connectivity index (χ1n) is 11.3. The Bertz CT molecular complexity index is 1120. The van der Waals surface area contributed by atoms with Crippen molar-refractivity contribution in [2.24, 2.45) is 0 Å². The van der Waals surface area contributed by atoms with E-state index in [-0.39, 0.29) is 17.5 Å². The van der Waals surface area contributed by atoms with Gasteiger partial charge in [0.1, 0.15) is 17.9 Å². The van der Waals surface area contributed by atoms with E-state index in [0.29, 0.717) is 30.8 Å². The molecule has 0 aromatic carbocycles. The van der Waals surface area contributed by atoms with Crippen LogP contribution in [0.3, 0.4) is 0 Å². The zero-order valence-electron chi connectivity index (χ0n) is 19.3. The summed E-state index contributed by atoms with van der Waals surface area (Å²) < 4.78 is 30.1. The second-order valence-corrected chi connectivity index (χ2v) is 11.4. The molecule has 12 nitrogen and oxygen atoms in total. The molecule has 2 aliphatic heterocycles. The highest BCUT2D eigenvalue weighted by Crippen LogP contribution is 2.39. The van der Waals surface area contributed by atoms with Gasteiger partial charge < -0.3 is 15.0 Å². The lowest BCUT2D eigenvalue weighted by Crippen LogP contribution is -2.49. The number of ether oxygens (including phenoxy) is 1. The molecule has 1 aromatic heterocycles. The molecule has 13 heteroatoms. The summed E-state index contributed by atoms with van der Waals surface area (Å²) in [6.45, 7) is 0.535. The average Bonchev–Trinajstić information content (AvgIpc) is 3.39. The Labute approximate surface area is 197 Å². The maximum atomic E-state index is 13.0. The van der Waals surface area contributed by atoms with Gasteiger partial charge in [-0.25, -0.2) is 17.9 Å². The molecule has 0 radical (unpaired) electrons. The molecule has 4 rings (SSSR count). The highest BCUT2D eigenvalue weighted by Gasteiger charge is 2.56. The molecule has 1 aliphatic carbocycles. The van der Waals surface area contributed by atoms with Crippen molar-refractivity contribution < 1.29 is 32.3 Å². The van der Waals surface area contributed by atoms with E-state index >= 15 is 0 Å². The molecule has 1 spiro atoms. The lowest BCUT2D eigenvalue weighted by atomic mass is 9.81. The summed E-state index contributed by atoms with van der Waals surface area (Å²) in [6.07, 6.45) is 4.21. The largest absolute Gasteiger partial charge is 0.454 e. The number of anilines is 1. The van der Waals surface area contributed by atoms with Crippen molar-refractivity contribution in [2.45, 2.75) is 57.0 Å². The minimum absolute atomic E-state index is 0.0557. The van der Waals surface area contributed by atoms with Crippen molar-refractivity contribution in [2.75, 3.05) is 37.0 Å². The van der Waals surface area contributed by atoms with Crippen LogP contribution >= 0.6 is 0 Å². The predicted octanol–water partition coefficient (Wildman–Crippen LogP) is 0.630. The number of carbonyl (C=O) groups is 4. The first-order valence-corrected chi connectivity index (χ1v) is 13.2. The van der Waals surface area contributed by atoms with Crippen LogP contribution in [0.4, 0.5) is 10.6 Å². The Morgan fingerprint density at radius 2 is 1.94 bits per heavy atom. The first kappa shape index (κ1) is 24.2. The van der Waals surface area contributed by atoms with Crippen molar-refractivity contribution in [1.82, 2.24) is 19.6 Å². The highest BCUT2D eigenvalue weighted by molar-refractivity contribution is 7.91. The Kier molecular flexibility index (Phi) is 6.40. The number of carbonyl (C=O) groups excluding carboxylic acids is 4. The van der Waals surface area contributed by atoms with Crippen LogP contribution in [0.25, 0.3) is 0 Å². The summed E-state index contributed by atoms with van der Waals surface area (Å²) in [5, 5.41) is 6.87.